The fourth-order valence-electron chi connectivity index (χ4n) is 3.47. The van der Waals surface area contributed by atoms with Crippen molar-refractivity contribution in [1.29, 1.82) is 0 Å². The van der Waals surface area contributed by atoms with Gasteiger partial charge < -0.3 is 18.0 Å². The highest BCUT2D eigenvalue weighted by molar-refractivity contribution is 6.71. The van der Waals surface area contributed by atoms with E-state index >= 15 is 0 Å². The second-order valence-electron chi connectivity index (χ2n) is 9.85. The molecular formula is C25H32O6Si2. The van der Waals surface area contributed by atoms with E-state index in [1.54, 1.807) is 25.1 Å². The van der Waals surface area contributed by atoms with Gasteiger partial charge >= 0.3 is 5.97 Å². The number of carbonyl (C=O) groups is 1. The van der Waals surface area contributed by atoms with Crippen molar-refractivity contribution in [1.82, 2.24) is 0 Å². The van der Waals surface area contributed by atoms with Gasteiger partial charge in [0, 0.05) is 11.6 Å². The van der Waals surface area contributed by atoms with Crippen LogP contribution in [0.25, 0.3) is 22.1 Å². The van der Waals surface area contributed by atoms with Gasteiger partial charge in [0.15, 0.2) is 0 Å². The predicted molar refractivity (Wildman–Crippen MR) is 137 cm³/mol. The lowest BCUT2D eigenvalue weighted by atomic mass is 10.0. The van der Waals surface area contributed by atoms with Crippen molar-refractivity contribution in [2.75, 3.05) is 6.61 Å². The van der Waals surface area contributed by atoms with E-state index in [0.29, 0.717) is 22.4 Å². The van der Waals surface area contributed by atoms with Gasteiger partial charge in [-0.15, -0.1) is 0 Å². The van der Waals surface area contributed by atoms with Gasteiger partial charge in [-0.2, -0.15) is 0 Å². The van der Waals surface area contributed by atoms with Crippen LogP contribution in [0.15, 0.2) is 45.6 Å². The molecule has 0 radical (unpaired) electrons. The Labute approximate surface area is 196 Å². The van der Waals surface area contributed by atoms with Gasteiger partial charge in [-0.05, 0) is 58.7 Å². The first-order chi connectivity index (χ1) is 15.3. The maximum Gasteiger partial charge on any atom is 0.375 e. The van der Waals surface area contributed by atoms with Crippen molar-refractivity contribution in [3.63, 3.8) is 0 Å². The highest BCUT2D eigenvalue weighted by Crippen LogP contribution is 2.39. The zero-order valence-electron chi connectivity index (χ0n) is 20.6. The molecule has 0 bridgehead atoms. The Morgan fingerprint density at radius 3 is 2.12 bits per heavy atom. The third-order valence-corrected chi connectivity index (χ3v) is 6.34. The van der Waals surface area contributed by atoms with Crippen molar-refractivity contribution in [2.24, 2.45) is 0 Å². The molecule has 33 heavy (non-hydrogen) atoms. The number of hydrogen-bond acceptors (Lipinski definition) is 6. The molecule has 0 saturated heterocycles. The molecule has 0 aliphatic heterocycles. The number of benzene rings is 2. The summed E-state index contributed by atoms with van der Waals surface area (Å²) in [7, 11) is -4.09. The van der Waals surface area contributed by atoms with Crippen molar-refractivity contribution in [2.45, 2.75) is 53.1 Å². The Morgan fingerprint density at radius 2 is 1.58 bits per heavy atom. The largest absolute Gasteiger partial charge is 0.544 e. The van der Waals surface area contributed by atoms with Crippen molar-refractivity contribution in [3.05, 3.63) is 57.9 Å². The summed E-state index contributed by atoms with van der Waals surface area (Å²) in [5.74, 6) is 0.250. The number of rotatable bonds is 7. The highest BCUT2D eigenvalue weighted by Gasteiger charge is 2.30. The first kappa shape index (κ1) is 24.8. The van der Waals surface area contributed by atoms with E-state index in [4.69, 9.17) is 18.0 Å². The highest BCUT2D eigenvalue weighted by atomic mass is 28.4. The molecule has 1 aromatic heterocycles. The molecule has 0 fully saturated rings. The molecule has 8 heteroatoms. The quantitative estimate of drug-likeness (QED) is 0.286. The molecule has 2 aromatic carbocycles. The van der Waals surface area contributed by atoms with Gasteiger partial charge in [0.2, 0.25) is 27.8 Å². The van der Waals surface area contributed by atoms with E-state index in [1.807, 2.05) is 25.1 Å². The van der Waals surface area contributed by atoms with E-state index in [1.165, 1.54) is 0 Å². The van der Waals surface area contributed by atoms with Gasteiger partial charge in [-0.25, -0.2) is 4.79 Å². The van der Waals surface area contributed by atoms with Crippen LogP contribution < -0.4 is 14.3 Å². The summed E-state index contributed by atoms with van der Waals surface area (Å²) in [6, 6.07) is 10.7. The molecule has 176 valence electrons. The van der Waals surface area contributed by atoms with Gasteiger partial charge in [0.25, 0.3) is 0 Å². The zero-order valence-corrected chi connectivity index (χ0v) is 22.6. The molecular weight excluding hydrogens is 452 g/mol. The van der Waals surface area contributed by atoms with Crippen LogP contribution in [-0.4, -0.2) is 29.2 Å². The normalized spacial score (nSPS) is 12.0. The summed E-state index contributed by atoms with van der Waals surface area (Å²) in [4.78, 5) is 26.8. The first-order valence-corrected chi connectivity index (χ1v) is 17.9. The Morgan fingerprint density at radius 1 is 0.970 bits per heavy atom. The van der Waals surface area contributed by atoms with Crippen LogP contribution in [0, 0.1) is 6.92 Å². The Balaban J connectivity index is 2.47. The average molecular weight is 485 g/mol. The van der Waals surface area contributed by atoms with Crippen LogP contribution in [0.4, 0.5) is 0 Å². The van der Waals surface area contributed by atoms with E-state index in [-0.39, 0.29) is 28.9 Å². The van der Waals surface area contributed by atoms with Crippen molar-refractivity contribution >= 4 is 33.6 Å². The summed E-state index contributed by atoms with van der Waals surface area (Å²) < 4.78 is 24.0. The molecule has 0 unspecified atom stereocenters. The van der Waals surface area contributed by atoms with E-state index in [2.05, 4.69) is 39.3 Å². The topological polar surface area (TPSA) is 75.0 Å². The maximum atomic E-state index is 13.9. The summed E-state index contributed by atoms with van der Waals surface area (Å²) in [6.45, 7) is 16.2. The SMILES string of the molecule is CCOC(=O)c1oc2cc(O[Si](C)(C)C)c(C)c(O[Si](C)(C)C)c2c(=O)c1-c1ccccc1. The fourth-order valence-corrected chi connectivity index (χ4v) is 5.21. The van der Waals surface area contributed by atoms with E-state index < -0.39 is 22.6 Å². The van der Waals surface area contributed by atoms with Crippen LogP contribution in [0.3, 0.4) is 0 Å². The predicted octanol–water partition coefficient (Wildman–Crippen LogP) is 6.37. The summed E-state index contributed by atoms with van der Waals surface area (Å²) >= 11 is 0. The lowest BCUT2D eigenvalue weighted by molar-refractivity contribution is 0.0492. The molecule has 0 N–H and O–H groups in total. The molecule has 0 aliphatic rings. The van der Waals surface area contributed by atoms with Gasteiger partial charge in [0.1, 0.15) is 22.5 Å². The number of hydrogen-bond donors (Lipinski definition) is 0. The molecule has 6 nitrogen and oxygen atoms in total. The third-order valence-electron chi connectivity index (χ3n) is 4.69. The van der Waals surface area contributed by atoms with Gasteiger partial charge in [0.05, 0.1) is 12.2 Å². The zero-order chi connectivity index (χ0) is 24.6. The number of fused-ring (bicyclic) bond motifs is 1. The van der Waals surface area contributed by atoms with Crippen molar-refractivity contribution in [3.8, 4) is 22.6 Å². The van der Waals surface area contributed by atoms with Crippen LogP contribution in [-0.2, 0) is 4.74 Å². The standard InChI is InChI=1S/C25H32O6Si2/c1-9-28-25(27)24-20(17-13-11-10-12-14-17)22(26)21-19(29-24)15-18(30-32(3,4)5)16(2)23(21)31-33(6,7)8/h10-15H,9H2,1-8H3. The summed E-state index contributed by atoms with van der Waals surface area (Å²) in [5, 5.41) is 0.310. The molecule has 0 aliphatic carbocycles. The summed E-state index contributed by atoms with van der Waals surface area (Å²) in [5.41, 5.74) is 1.41. The summed E-state index contributed by atoms with van der Waals surface area (Å²) in [6.07, 6.45) is 0. The fraction of sp³-hybridized carbons (Fsp3) is 0.360. The number of esters is 1. The average Bonchev–Trinajstić information content (AvgIpc) is 2.69. The second kappa shape index (κ2) is 9.19. The molecule has 3 aromatic rings. The molecule has 1 heterocycles. The van der Waals surface area contributed by atoms with E-state index in [9.17, 15) is 9.59 Å². The van der Waals surface area contributed by atoms with Crippen LogP contribution >= 0.6 is 0 Å². The number of carbonyl (C=O) groups excluding carboxylic acids is 1. The smallest absolute Gasteiger partial charge is 0.375 e. The van der Waals surface area contributed by atoms with Crippen LogP contribution in [0.5, 0.6) is 11.5 Å². The Bertz CT molecular complexity index is 1230. The molecule has 0 spiro atoms. The third kappa shape index (κ3) is 5.56. The van der Waals surface area contributed by atoms with Crippen LogP contribution in [0.2, 0.25) is 39.3 Å². The minimum Gasteiger partial charge on any atom is -0.544 e. The number of ether oxygens (including phenoxy) is 1. The van der Waals surface area contributed by atoms with Gasteiger partial charge in [-0.3, -0.25) is 4.79 Å². The molecule has 3 rings (SSSR count). The molecule has 0 saturated carbocycles. The Kier molecular flexibility index (Phi) is 6.90. The molecule has 0 atom stereocenters. The first-order valence-electron chi connectivity index (χ1n) is 11.1. The molecule has 0 amide bonds. The monoisotopic (exact) mass is 484 g/mol. The lowest BCUT2D eigenvalue weighted by Crippen LogP contribution is -2.32. The van der Waals surface area contributed by atoms with Crippen LogP contribution in [0.1, 0.15) is 23.0 Å². The minimum absolute atomic E-state index is 0.123. The van der Waals surface area contributed by atoms with Gasteiger partial charge in [-0.1, -0.05) is 30.3 Å². The minimum atomic E-state index is -2.11. The Hall–Kier alpha value is -2.85. The van der Waals surface area contributed by atoms with E-state index in [0.717, 1.165) is 5.56 Å². The maximum absolute atomic E-state index is 13.9. The van der Waals surface area contributed by atoms with Crippen molar-refractivity contribution < 1.29 is 22.8 Å². The second-order valence-corrected chi connectivity index (χ2v) is 18.7. The lowest BCUT2D eigenvalue weighted by Gasteiger charge is -2.26.